The number of hydrogen-bond acceptors (Lipinski definition) is 2. The first-order valence-corrected chi connectivity index (χ1v) is 7.76. The van der Waals surface area contributed by atoms with Crippen molar-refractivity contribution >= 4 is 15.9 Å². The number of rotatable bonds is 3. The topological polar surface area (TPSA) is 21.3 Å². The van der Waals surface area contributed by atoms with Gasteiger partial charge >= 0.3 is 0 Å². The highest BCUT2D eigenvalue weighted by Crippen LogP contribution is 2.35. The quantitative estimate of drug-likeness (QED) is 0.885. The van der Waals surface area contributed by atoms with E-state index in [1.165, 1.54) is 11.1 Å². The van der Waals surface area contributed by atoms with Crippen molar-refractivity contribution in [3.8, 4) is 5.75 Å². The summed E-state index contributed by atoms with van der Waals surface area (Å²) in [4.78, 5) is 0. The predicted octanol–water partition coefficient (Wildman–Crippen LogP) is 4.62. The Balaban J connectivity index is 1.81. The van der Waals surface area contributed by atoms with Crippen LogP contribution in [-0.2, 0) is 0 Å². The summed E-state index contributed by atoms with van der Waals surface area (Å²) in [5, 5.41) is 3.72. The minimum absolute atomic E-state index is 0.325. The average Bonchev–Trinajstić information content (AvgIpc) is 2.49. The van der Waals surface area contributed by atoms with Crippen LogP contribution in [0.5, 0.6) is 5.75 Å². The summed E-state index contributed by atoms with van der Waals surface area (Å²) in [6, 6.07) is 17.4. The Labute approximate surface area is 128 Å². The number of ether oxygens (including phenoxy) is 1. The lowest BCUT2D eigenvalue weighted by Crippen LogP contribution is -2.29. The molecular formula is C17H18BrNO. The molecule has 0 fully saturated rings. The minimum atomic E-state index is 0.325. The molecule has 0 aliphatic carbocycles. The minimum Gasteiger partial charge on any atom is -0.493 e. The number of fused-ring (bicyclic) bond motifs is 1. The maximum Gasteiger partial charge on any atom is 0.124 e. The molecule has 104 valence electrons. The molecule has 0 bridgehead atoms. The van der Waals surface area contributed by atoms with Crippen molar-refractivity contribution in [3.63, 3.8) is 0 Å². The monoisotopic (exact) mass is 331 g/mol. The van der Waals surface area contributed by atoms with Crippen LogP contribution < -0.4 is 10.1 Å². The van der Waals surface area contributed by atoms with Crippen molar-refractivity contribution in [2.75, 3.05) is 6.61 Å². The fraction of sp³-hybridized carbons (Fsp3) is 0.294. The molecule has 2 aromatic carbocycles. The molecule has 3 heteroatoms. The molecule has 1 heterocycles. The van der Waals surface area contributed by atoms with E-state index < -0.39 is 0 Å². The van der Waals surface area contributed by atoms with E-state index in [-0.39, 0.29) is 0 Å². The molecule has 0 radical (unpaired) electrons. The number of hydrogen-bond donors (Lipinski definition) is 1. The van der Waals surface area contributed by atoms with Crippen LogP contribution in [0.3, 0.4) is 0 Å². The van der Waals surface area contributed by atoms with E-state index in [2.05, 4.69) is 64.6 Å². The highest BCUT2D eigenvalue weighted by Gasteiger charge is 2.23. The summed E-state index contributed by atoms with van der Waals surface area (Å²) in [5.41, 5.74) is 2.56. The van der Waals surface area contributed by atoms with E-state index in [0.29, 0.717) is 12.1 Å². The second kappa shape index (κ2) is 5.98. The maximum atomic E-state index is 5.74. The first-order chi connectivity index (χ1) is 9.74. The second-order valence-electron chi connectivity index (χ2n) is 5.17. The molecule has 3 rings (SSSR count). The van der Waals surface area contributed by atoms with Crippen molar-refractivity contribution in [1.29, 1.82) is 0 Å². The summed E-state index contributed by atoms with van der Waals surface area (Å²) in [7, 11) is 0. The molecule has 0 saturated carbocycles. The Morgan fingerprint density at radius 1 is 1.20 bits per heavy atom. The van der Waals surface area contributed by atoms with Gasteiger partial charge in [0.2, 0.25) is 0 Å². The van der Waals surface area contributed by atoms with Crippen LogP contribution >= 0.6 is 15.9 Å². The van der Waals surface area contributed by atoms with E-state index in [1.807, 2.05) is 12.1 Å². The third kappa shape index (κ3) is 2.89. The summed E-state index contributed by atoms with van der Waals surface area (Å²) in [6.45, 7) is 2.98. The molecule has 0 aromatic heterocycles. The van der Waals surface area contributed by atoms with Gasteiger partial charge in [-0.15, -0.1) is 0 Å². The van der Waals surface area contributed by atoms with Crippen LogP contribution in [0.25, 0.3) is 0 Å². The molecule has 2 aromatic rings. The Morgan fingerprint density at radius 3 is 2.80 bits per heavy atom. The van der Waals surface area contributed by atoms with Crippen molar-refractivity contribution < 1.29 is 4.74 Å². The third-order valence-electron chi connectivity index (χ3n) is 3.76. The molecule has 1 N–H and O–H groups in total. The highest BCUT2D eigenvalue weighted by molar-refractivity contribution is 9.10. The van der Waals surface area contributed by atoms with Gasteiger partial charge in [0, 0.05) is 28.5 Å². The summed E-state index contributed by atoms with van der Waals surface area (Å²) < 4.78 is 6.83. The van der Waals surface area contributed by atoms with Crippen LogP contribution in [-0.4, -0.2) is 6.61 Å². The largest absolute Gasteiger partial charge is 0.493 e. The standard InChI is InChI=1S/C17H18BrNO/c1-12(13-5-3-2-4-6-13)19-16-9-10-20-17-8-7-14(18)11-15(16)17/h2-8,11-12,16,19H,9-10H2,1H3/t12-,16?/m1/s1. The van der Waals surface area contributed by atoms with Crippen LogP contribution in [0.4, 0.5) is 0 Å². The molecule has 0 amide bonds. The molecule has 1 unspecified atom stereocenters. The molecule has 1 aliphatic rings. The van der Waals surface area contributed by atoms with Gasteiger partial charge in [0.25, 0.3) is 0 Å². The van der Waals surface area contributed by atoms with Gasteiger partial charge in [0.15, 0.2) is 0 Å². The molecular weight excluding hydrogens is 314 g/mol. The molecule has 20 heavy (non-hydrogen) atoms. The van der Waals surface area contributed by atoms with Crippen LogP contribution in [0.15, 0.2) is 53.0 Å². The Kier molecular flexibility index (Phi) is 4.08. The fourth-order valence-corrected chi connectivity index (χ4v) is 3.06. The van der Waals surface area contributed by atoms with Crippen LogP contribution in [0.2, 0.25) is 0 Å². The summed E-state index contributed by atoms with van der Waals surface area (Å²) in [5.74, 6) is 0.997. The maximum absolute atomic E-state index is 5.74. The first-order valence-electron chi connectivity index (χ1n) is 6.97. The van der Waals surface area contributed by atoms with Gasteiger partial charge < -0.3 is 10.1 Å². The molecule has 2 atom stereocenters. The Morgan fingerprint density at radius 2 is 2.00 bits per heavy atom. The van der Waals surface area contributed by atoms with Gasteiger partial charge in [-0.1, -0.05) is 46.3 Å². The summed E-state index contributed by atoms with van der Waals surface area (Å²) in [6.07, 6.45) is 1.00. The zero-order chi connectivity index (χ0) is 13.9. The van der Waals surface area contributed by atoms with Gasteiger partial charge in [0.1, 0.15) is 5.75 Å². The highest BCUT2D eigenvalue weighted by atomic mass is 79.9. The lowest BCUT2D eigenvalue weighted by molar-refractivity contribution is 0.246. The number of benzene rings is 2. The van der Waals surface area contributed by atoms with Gasteiger partial charge in [-0.2, -0.15) is 0 Å². The van der Waals surface area contributed by atoms with Crippen LogP contribution in [0.1, 0.15) is 36.6 Å². The van der Waals surface area contributed by atoms with E-state index in [9.17, 15) is 0 Å². The van der Waals surface area contributed by atoms with Gasteiger partial charge in [0.05, 0.1) is 6.61 Å². The normalized spacial score (nSPS) is 19.0. The molecule has 2 nitrogen and oxygen atoms in total. The van der Waals surface area contributed by atoms with Crippen LogP contribution in [0, 0.1) is 0 Å². The smallest absolute Gasteiger partial charge is 0.124 e. The van der Waals surface area contributed by atoms with Gasteiger partial charge in [-0.25, -0.2) is 0 Å². The van der Waals surface area contributed by atoms with Gasteiger partial charge in [-0.05, 0) is 30.7 Å². The van der Waals surface area contributed by atoms with Crippen molar-refractivity contribution in [1.82, 2.24) is 5.32 Å². The first kappa shape index (κ1) is 13.7. The summed E-state index contributed by atoms with van der Waals surface area (Å²) >= 11 is 3.55. The lowest BCUT2D eigenvalue weighted by Gasteiger charge is -2.29. The van der Waals surface area contributed by atoms with E-state index in [1.54, 1.807) is 0 Å². The van der Waals surface area contributed by atoms with E-state index in [4.69, 9.17) is 4.74 Å². The predicted molar refractivity (Wildman–Crippen MR) is 85.0 cm³/mol. The third-order valence-corrected chi connectivity index (χ3v) is 4.26. The molecule has 0 spiro atoms. The van der Waals surface area contributed by atoms with Crippen molar-refractivity contribution in [2.45, 2.75) is 25.4 Å². The van der Waals surface area contributed by atoms with Crippen molar-refractivity contribution in [2.24, 2.45) is 0 Å². The zero-order valence-electron chi connectivity index (χ0n) is 11.5. The van der Waals surface area contributed by atoms with Crippen molar-refractivity contribution in [3.05, 3.63) is 64.1 Å². The zero-order valence-corrected chi connectivity index (χ0v) is 13.1. The van der Waals surface area contributed by atoms with E-state index in [0.717, 1.165) is 23.2 Å². The Bertz CT molecular complexity index is 585. The fourth-order valence-electron chi connectivity index (χ4n) is 2.68. The SMILES string of the molecule is C[C@@H](NC1CCOc2ccc(Br)cc21)c1ccccc1. The second-order valence-corrected chi connectivity index (χ2v) is 6.09. The average molecular weight is 332 g/mol. The van der Waals surface area contributed by atoms with Gasteiger partial charge in [-0.3, -0.25) is 0 Å². The number of nitrogens with one attached hydrogen (secondary N) is 1. The molecule has 0 saturated heterocycles. The lowest BCUT2D eigenvalue weighted by atomic mass is 9.98. The number of halogens is 1. The molecule has 1 aliphatic heterocycles. The Hall–Kier alpha value is -1.32. The van der Waals surface area contributed by atoms with E-state index >= 15 is 0 Å².